The van der Waals surface area contributed by atoms with Crippen LogP contribution in [0.2, 0.25) is 0 Å². The molecule has 0 fully saturated rings. The van der Waals surface area contributed by atoms with Crippen molar-refractivity contribution in [1.29, 1.82) is 0 Å². The van der Waals surface area contributed by atoms with E-state index in [0.717, 1.165) is 12.0 Å². The summed E-state index contributed by atoms with van der Waals surface area (Å²) in [5, 5.41) is 2.83. The molecule has 1 N–H and O–H groups in total. The first kappa shape index (κ1) is 20.8. The third-order valence-electron chi connectivity index (χ3n) is 4.08. The first-order valence-corrected chi connectivity index (χ1v) is 10.7. The number of hydrogen-bond acceptors (Lipinski definition) is 4. The van der Waals surface area contributed by atoms with E-state index in [0.29, 0.717) is 11.4 Å². The lowest BCUT2D eigenvalue weighted by Crippen LogP contribution is -2.35. The summed E-state index contributed by atoms with van der Waals surface area (Å²) in [6.07, 6.45) is 2.03. The van der Waals surface area contributed by atoms with Crippen LogP contribution in [-0.4, -0.2) is 33.2 Å². The maximum atomic E-state index is 12.2. The van der Waals surface area contributed by atoms with E-state index in [1.165, 1.54) is 10.6 Å². The molecular weight excluding hydrogens is 364 g/mol. The zero-order valence-corrected chi connectivity index (χ0v) is 16.7. The van der Waals surface area contributed by atoms with Gasteiger partial charge in [-0.2, -0.15) is 0 Å². The molecule has 7 heteroatoms. The highest BCUT2D eigenvalue weighted by Gasteiger charge is 2.18. The summed E-state index contributed by atoms with van der Waals surface area (Å²) < 4.78 is 31.2. The van der Waals surface area contributed by atoms with Crippen molar-refractivity contribution in [3.8, 4) is 5.75 Å². The molecule has 0 heterocycles. The number of hydrogen-bond donors (Lipinski definition) is 1. The smallest absolute Gasteiger partial charge is 0.258 e. The first-order chi connectivity index (χ1) is 12.8. The number of ether oxygens (including phenoxy) is 1. The minimum Gasteiger partial charge on any atom is -0.484 e. The molecule has 0 saturated carbocycles. The Morgan fingerprint density at radius 1 is 1.11 bits per heavy atom. The van der Waals surface area contributed by atoms with E-state index >= 15 is 0 Å². The SMILES string of the molecule is CC[C@H](C)NC(=O)COc1ccc(N(Cc2ccccc2)S(C)(=O)=O)cc1. The minimum absolute atomic E-state index is 0.0799. The number of carbonyl (C=O) groups is 1. The van der Waals surface area contributed by atoms with Gasteiger partial charge in [0.15, 0.2) is 6.61 Å². The van der Waals surface area contributed by atoms with Gasteiger partial charge in [0.1, 0.15) is 5.75 Å². The number of benzene rings is 2. The summed E-state index contributed by atoms with van der Waals surface area (Å²) in [5.41, 5.74) is 1.43. The third kappa shape index (κ3) is 6.60. The Kier molecular flexibility index (Phi) is 7.24. The van der Waals surface area contributed by atoms with E-state index in [2.05, 4.69) is 5.32 Å². The predicted octanol–water partition coefficient (Wildman–Crippen LogP) is 2.95. The third-order valence-corrected chi connectivity index (χ3v) is 5.22. The van der Waals surface area contributed by atoms with Crippen LogP contribution in [0.3, 0.4) is 0 Å². The lowest BCUT2D eigenvalue weighted by atomic mass is 10.2. The van der Waals surface area contributed by atoms with Crippen molar-refractivity contribution in [2.45, 2.75) is 32.9 Å². The van der Waals surface area contributed by atoms with Gasteiger partial charge in [0.2, 0.25) is 10.0 Å². The Morgan fingerprint density at radius 2 is 1.74 bits per heavy atom. The standard InChI is InChI=1S/C20H26N2O4S/c1-4-16(2)21-20(23)15-26-19-12-10-18(11-13-19)22(27(3,24)25)14-17-8-6-5-7-9-17/h5-13,16H,4,14-15H2,1-3H3,(H,21,23)/t16-/m0/s1. The van der Waals surface area contributed by atoms with Crippen LogP contribution in [0, 0.1) is 0 Å². The highest BCUT2D eigenvalue weighted by Crippen LogP contribution is 2.23. The van der Waals surface area contributed by atoms with Gasteiger partial charge in [0.05, 0.1) is 18.5 Å². The molecule has 6 nitrogen and oxygen atoms in total. The molecule has 2 rings (SSSR count). The van der Waals surface area contributed by atoms with Crippen molar-refractivity contribution in [1.82, 2.24) is 5.32 Å². The van der Waals surface area contributed by atoms with Crippen molar-refractivity contribution in [2.24, 2.45) is 0 Å². The van der Waals surface area contributed by atoms with Crippen LogP contribution in [0.25, 0.3) is 0 Å². The Balaban J connectivity index is 2.05. The molecule has 0 aliphatic carbocycles. The van der Waals surface area contributed by atoms with Crippen molar-refractivity contribution in [3.05, 3.63) is 60.2 Å². The fourth-order valence-corrected chi connectivity index (χ4v) is 3.31. The summed E-state index contributed by atoms with van der Waals surface area (Å²) in [4.78, 5) is 11.8. The molecular formula is C20H26N2O4S. The summed E-state index contributed by atoms with van der Waals surface area (Å²) >= 11 is 0. The van der Waals surface area contributed by atoms with Gasteiger partial charge in [-0.25, -0.2) is 8.42 Å². The van der Waals surface area contributed by atoms with Crippen LogP contribution in [0.4, 0.5) is 5.69 Å². The van der Waals surface area contributed by atoms with Crippen LogP contribution >= 0.6 is 0 Å². The lowest BCUT2D eigenvalue weighted by Gasteiger charge is -2.22. The molecule has 1 amide bonds. The molecule has 0 bridgehead atoms. The Bertz CT molecular complexity index is 836. The molecule has 2 aromatic carbocycles. The van der Waals surface area contributed by atoms with E-state index in [4.69, 9.17) is 4.74 Å². The van der Waals surface area contributed by atoms with E-state index in [1.54, 1.807) is 24.3 Å². The van der Waals surface area contributed by atoms with Gasteiger partial charge in [-0.1, -0.05) is 37.3 Å². The molecule has 27 heavy (non-hydrogen) atoms. The molecule has 1 atom stereocenters. The average Bonchev–Trinajstić information content (AvgIpc) is 2.65. The molecule has 0 radical (unpaired) electrons. The van der Waals surface area contributed by atoms with E-state index < -0.39 is 10.0 Å². The van der Waals surface area contributed by atoms with Gasteiger partial charge in [0, 0.05) is 6.04 Å². The maximum absolute atomic E-state index is 12.2. The quantitative estimate of drug-likeness (QED) is 0.714. The van der Waals surface area contributed by atoms with Gasteiger partial charge in [-0.05, 0) is 43.2 Å². The number of sulfonamides is 1. The minimum atomic E-state index is -3.44. The average molecular weight is 391 g/mol. The molecule has 0 unspecified atom stereocenters. The molecule has 0 spiro atoms. The van der Waals surface area contributed by atoms with Gasteiger partial charge in [-0.3, -0.25) is 9.10 Å². The van der Waals surface area contributed by atoms with Crippen LogP contribution in [0.1, 0.15) is 25.8 Å². The Labute approximate surface area is 161 Å². The van der Waals surface area contributed by atoms with Crippen molar-refractivity contribution in [3.63, 3.8) is 0 Å². The number of nitrogens with zero attached hydrogens (tertiary/aromatic N) is 1. The van der Waals surface area contributed by atoms with Gasteiger partial charge < -0.3 is 10.1 Å². The molecule has 146 valence electrons. The molecule has 0 saturated heterocycles. The maximum Gasteiger partial charge on any atom is 0.258 e. The highest BCUT2D eigenvalue weighted by atomic mass is 32.2. The van der Waals surface area contributed by atoms with E-state index in [1.807, 2.05) is 44.2 Å². The second kappa shape index (κ2) is 9.41. The van der Waals surface area contributed by atoms with Crippen LogP contribution < -0.4 is 14.4 Å². The van der Waals surface area contributed by atoms with Crippen molar-refractivity contribution < 1.29 is 17.9 Å². The van der Waals surface area contributed by atoms with Gasteiger partial charge in [-0.15, -0.1) is 0 Å². The summed E-state index contributed by atoms with van der Waals surface area (Å²) in [5.74, 6) is 0.321. The normalized spacial score (nSPS) is 12.3. The Morgan fingerprint density at radius 3 is 2.30 bits per heavy atom. The topological polar surface area (TPSA) is 75.7 Å². The van der Waals surface area contributed by atoms with Crippen LogP contribution in [0.15, 0.2) is 54.6 Å². The predicted molar refractivity (Wildman–Crippen MR) is 107 cm³/mol. The molecule has 0 aliphatic rings. The van der Waals surface area contributed by atoms with Crippen LogP contribution in [0.5, 0.6) is 5.75 Å². The second-order valence-electron chi connectivity index (χ2n) is 6.41. The second-order valence-corrected chi connectivity index (χ2v) is 8.32. The fourth-order valence-electron chi connectivity index (χ4n) is 2.43. The monoisotopic (exact) mass is 390 g/mol. The van der Waals surface area contributed by atoms with Gasteiger partial charge in [0.25, 0.3) is 5.91 Å². The molecule has 0 aromatic heterocycles. The van der Waals surface area contributed by atoms with E-state index in [-0.39, 0.29) is 25.1 Å². The van der Waals surface area contributed by atoms with Gasteiger partial charge >= 0.3 is 0 Å². The summed E-state index contributed by atoms with van der Waals surface area (Å²) in [6, 6.07) is 16.2. The van der Waals surface area contributed by atoms with Crippen LogP contribution in [-0.2, 0) is 21.4 Å². The Hall–Kier alpha value is -2.54. The first-order valence-electron chi connectivity index (χ1n) is 8.83. The number of anilines is 1. The molecule has 2 aromatic rings. The zero-order valence-electron chi connectivity index (χ0n) is 15.9. The number of rotatable bonds is 9. The molecule has 0 aliphatic heterocycles. The zero-order chi connectivity index (χ0) is 19.9. The largest absolute Gasteiger partial charge is 0.484 e. The summed E-state index contributed by atoms with van der Waals surface area (Å²) in [7, 11) is -3.44. The van der Waals surface area contributed by atoms with E-state index in [9.17, 15) is 13.2 Å². The number of nitrogens with one attached hydrogen (secondary N) is 1. The number of amides is 1. The van der Waals surface area contributed by atoms with Crippen molar-refractivity contribution >= 4 is 21.6 Å². The van der Waals surface area contributed by atoms with Crippen molar-refractivity contribution in [2.75, 3.05) is 17.2 Å². The highest BCUT2D eigenvalue weighted by molar-refractivity contribution is 7.92. The number of carbonyl (C=O) groups excluding carboxylic acids is 1. The summed E-state index contributed by atoms with van der Waals surface area (Å²) in [6.45, 7) is 4.09. The lowest BCUT2D eigenvalue weighted by molar-refractivity contribution is -0.123. The fraction of sp³-hybridized carbons (Fsp3) is 0.350.